The van der Waals surface area contributed by atoms with Gasteiger partial charge in [-0.3, -0.25) is 0 Å². The Kier molecular flexibility index (Phi) is 1.85. The molecule has 0 atom stereocenters. The van der Waals surface area contributed by atoms with Crippen LogP contribution in [0.2, 0.25) is 0 Å². The van der Waals surface area contributed by atoms with E-state index in [2.05, 4.69) is 9.97 Å². The van der Waals surface area contributed by atoms with E-state index < -0.39 is 0 Å². The molecule has 0 bridgehead atoms. The third-order valence-electron chi connectivity index (χ3n) is 1.85. The van der Waals surface area contributed by atoms with Gasteiger partial charge in [-0.1, -0.05) is 6.08 Å². The van der Waals surface area contributed by atoms with Gasteiger partial charge in [-0.15, -0.1) is 0 Å². The van der Waals surface area contributed by atoms with Crippen molar-refractivity contribution in [2.24, 2.45) is 0 Å². The largest absolute Gasteiger partial charge is 0.446 e. The fourth-order valence-corrected chi connectivity index (χ4v) is 1.27. The summed E-state index contributed by atoms with van der Waals surface area (Å²) in [4.78, 5) is 8.46. The van der Waals surface area contributed by atoms with E-state index in [1.807, 2.05) is 32.1 Å². The Morgan fingerprint density at radius 3 is 2.85 bits per heavy atom. The van der Waals surface area contributed by atoms with Gasteiger partial charge in [0.25, 0.3) is 0 Å². The molecule has 3 nitrogen and oxygen atoms in total. The number of aryl methyl sites for hydroxylation is 2. The lowest BCUT2D eigenvalue weighted by atomic mass is 10.2. The summed E-state index contributed by atoms with van der Waals surface area (Å²) in [7, 11) is 0. The first-order valence-corrected chi connectivity index (χ1v) is 4.12. The second-order valence-corrected chi connectivity index (χ2v) is 2.88. The van der Waals surface area contributed by atoms with Gasteiger partial charge < -0.3 is 4.74 Å². The molecule has 2 rings (SSSR count). The standard InChI is InChI=1S/C10H10N2O/c1-7-9-5-3-4-6-13-10(9)12-8(2)11-7/h3-6H,1-2H3. The molecular weight excluding hydrogens is 164 g/mol. The number of fused-ring (bicyclic) bond motifs is 1. The predicted molar refractivity (Wildman–Crippen MR) is 50.3 cm³/mol. The zero-order valence-electron chi connectivity index (χ0n) is 7.61. The zero-order chi connectivity index (χ0) is 9.26. The molecule has 0 unspecified atom stereocenters. The third-order valence-corrected chi connectivity index (χ3v) is 1.85. The molecule has 2 heterocycles. The second-order valence-electron chi connectivity index (χ2n) is 2.88. The Balaban J connectivity index is 2.62. The van der Waals surface area contributed by atoms with Gasteiger partial charge in [-0.05, 0) is 26.0 Å². The Morgan fingerprint density at radius 2 is 2.00 bits per heavy atom. The SMILES string of the molecule is Cc1nc(C)c2c(n1)OC=CC=C2. The van der Waals surface area contributed by atoms with E-state index in [4.69, 9.17) is 4.74 Å². The monoisotopic (exact) mass is 174 g/mol. The fourth-order valence-electron chi connectivity index (χ4n) is 1.27. The maximum Gasteiger partial charge on any atom is 0.229 e. The minimum atomic E-state index is 0.634. The summed E-state index contributed by atoms with van der Waals surface area (Å²) >= 11 is 0. The maximum atomic E-state index is 5.32. The minimum absolute atomic E-state index is 0.634. The number of aromatic nitrogens is 2. The molecule has 0 fully saturated rings. The Bertz CT molecular complexity index is 394. The summed E-state index contributed by atoms with van der Waals surface area (Å²) in [5.41, 5.74) is 1.90. The van der Waals surface area contributed by atoms with E-state index >= 15 is 0 Å². The predicted octanol–water partition coefficient (Wildman–Crippen LogP) is 2.01. The minimum Gasteiger partial charge on any atom is -0.446 e. The summed E-state index contributed by atoms with van der Waals surface area (Å²) in [5.74, 6) is 1.37. The molecule has 0 saturated heterocycles. The molecule has 0 aromatic carbocycles. The van der Waals surface area contributed by atoms with Crippen molar-refractivity contribution >= 4 is 6.08 Å². The van der Waals surface area contributed by atoms with Crippen LogP contribution in [0.25, 0.3) is 6.08 Å². The third kappa shape index (κ3) is 1.45. The van der Waals surface area contributed by atoms with Gasteiger partial charge in [0.15, 0.2) is 0 Å². The van der Waals surface area contributed by atoms with Crippen LogP contribution in [0.15, 0.2) is 18.4 Å². The molecule has 1 aliphatic rings. The number of rotatable bonds is 0. The van der Waals surface area contributed by atoms with Gasteiger partial charge in [-0.2, -0.15) is 4.98 Å². The number of hydrogen-bond acceptors (Lipinski definition) is 3. The van der Waals surface area contributed by atoms with Gasteiger partial charge in [0.05, 0.1) is 17.5 Å². The van der Waals surface area contributed by atoms with Gasteiger partial charge in [-0.25, -0.2) is 4.98 Å². The first-order chi connectivity index (χ1) is 6.27. The smallest absolute Gasteiger partial charge is 0.229 e. The number of allylic oxidation sites excluding steroid dienone is 2. The van der Waals surface area contributed by atoms with Crippen LogP contribution in [0, 0.1) is 13.8 Å². The quantitative estimate of drug-likeness (QED) is 0.603. The summed E-state index contributed by atoms with van der Waals surface area (Å²) in [6.45, 7) is 3.81. The summed E-state index contributed by atoms with van der Waals surface area (Å²) < 4.78 is 5.32. The van der Waals surface area contributed by atoms with Crippen LogP contribution >= 0.6 is 0 Å². The zero-order valence-corrected chi connectivity index (χ0v) is 7.61. The van der Waals surface area contributed by atoms with Gasteiger partial charge in [0.1, 0.15) is 5.82 Å². The molecule has 1 aliphatic heterocycles. The van der Waals surface area contributed by atoms with Gasteiger partial charge >= 0.3 is 0 Å². The highest BCUT2D eigenvalue weighted by Crippen LogP contribution is 2.22. The average Bonchev–Trinajstić information content (AvgIpc) is 2.28. The normalized spacial score (nSPS) is 13.4. The van der Waals surface area contributed by atoms with E-state index in [1.165, 1.54) is 0 Å². The molecule has 66 valence electrons. The van der Waals surface area contributed by atoms with Crippen LogP contribution in [0.1, 0.15) is 17.1 Å². The molecule has 0 spiro atoms. The van der Waals surface area contributed by atoms with Crippen molar-refractivity contribution in [1.29, 1.82) is 0 Å². The molecule has 1 aromatic heterocycles. The Morgan fingerprint density at radius 1 is 1.15 bits per heavy atom. The molecule has 0 saturated carbocycles. The molecule has 3 heteroatoms. The van der Waals surface area contributed by atoms with Crippen molar-refractivity contribution in [2.45, 2.75) is 13.8 Å². The second kappa shape index (κ2) is 3.01. The molecule has 0 N–H and O–H groups in total. The van der Waals surface area contributed by atoms with E-state index in [0.29, 0.717) is 5.88 Å². The molecular formula is C10H10N2O. The number of nitrogens with zero attached hydrogens (tertiary/aromatic N) is 2. The summed E-state index contributed by atoms with van der Waals surface area (Å²) in [5, 5.41) is 0. The highest BCUT2D eigenvalue weighted by Gasteiger charge is 2.08. The van der Waals surface area contributed by atoms with Gasteiger partial charge in [0.2, 0.25) is 5.88 Å². The molecule has 0 radical (unpaired) electrons. The van der Waals surface area contributed by atoms with Crippen LogP contribution in [0.3, 0.4) is 0 Å². The van der Waals surface area contributed by atoms with Crippen molar-refractivity contribution in [3.05, 3.63) is 35.5 Å². The highest BCUT2D eigenvalue weighted by atomic mass is 16.5. The molecule has 0 amide bonds. The van der Waals surface area contributed by atoms with Crippen molar-refractivity contribution in [3.63, 3.8) is 0 Å². The van der Waals surface area contributed by atoms with Crippen LogP contribution < -0.4 is 4.74 Å². The first-order valence-electron chi connectivity index (χ1n) is 4.12. The summed E-state index contributed by atoms with van der Waals surface area (Å²) in [6.07, 6.45) is 7.32. The summed E-state index contributed by atoms with van der Waals surface area (Å²) in [6, 6.07) is 0. The van der Waals surface area contributed by atoms with Crippen molar-refractivity contribution in [2.75, 3.05) is 0 Å². The average molecular weight is 174 g/mol. The lowest BCUT2D eigenvalue weighted by Gasteiger charge is -2.05. The van der Waals surface area contributed by atoms with Crippen LogP contribution in [0.4, 0.5) is 0 Å². The molecule has 1 aromatic rings. The topological polar surface area (TPSA) is 35.0 Å². The first kappa shape index (κ1) is 7.98. The van der Waals surface area contributed by atoms with E-state index in [0.717, 1.165) is 17.1 Å². The fraction of sp³-hybridized carbons (Fsp3) is 0.200. The molecule has 0 aliphatic carbocycles. The van der Waals surface area contributed by atoms with E-state index in [9.17, 15) is 0 Å². The van der Waals surface area contributed by atoms with Crippen LogP contribution in [0.5, 0.6) is 5.88 Å². The number of hydrogen-bond donors (Lipinski definition) is 0. The van der Waals surface area contributed by atoms with Gasteiger partial charge in [0, 0.05) is 0 Å². The van der Waals surface area contributed by atoms with E-state index in [1.54, 1.807) is 6.26 Å². The molecule has 13 heavy (non-hydrogen) atoms. The lowest BCUT2D eigenvalue weighted by Crippen LogP contribution is -1.98. The highest BCUT2D eigenvalue weighted by molar-refractivity contribution is 5.59. The van der Waals surface area contributed by atoms with Crippen LogP contribution in [-0.2, 0) is 0 Å². The Hall–Kier alpha value is -1.64. The maximum absolute atomic E-state index is 5.32. The number of ether oxygens (including phenoxy) is 1. The Labute approximate surface area is 76.8 Å². The van der Waals surface area contributed by atoms with Crippen LogP contribution in [-0.4, -0.2) is 9.97 Å². The van der Waals surface area contributed by atoms with Crippen molar-refractivity contribution in [1.82, 2.24) is 9.97 Å². The van der Waals surface area contributed by atoms with Crippen molar-refractivity contribution in [3.8, 4) is 5.88 Å². The van der Waals surface area contributed by atoms with Crippen molar-refractivity contribution < 1.29 is 4.74 Å². The lowest BCUT2D eigenvalue weighted by molar-refractivity contribution is 0.457. The van der Waals surface area contributed by atoms with E-state index in [-0.39, 0.29) is 0 Å².